The molecule has 1 amide bonds. The number of nitrogens with two attached hydrogens (primary N) is 1. The standard InChI is InChI=1S/C27H41N3O4S/c1-5-21(4)26(28)27(32)29-24(18-22-12-8-6-9-13-22)25(31)19-30(17-16-20(2)3)35(33,34)23-14-10-7-11-15-23/h6-15,20-21,24-26,31H,5,16-19,28H2,1-4H3,(H,29,32). The van der Waals surface area contributed by atoms with Gasteiger partial charge < -0.3 is 16.2 Å². The van der Waals surface area contributed by atoms with Crippen molar-refractivity contribution in [2.24, 2.45) is 17.6 Å². The highest BCUT2D eigenvalue weighted by Crippen LogP contribution is 2.19. The number of aliphatic hydroxyl groups is 1. The Kier molecular flexibility index (Phi) is 11.4. The van der Waals surface area contributed by atoms with Crippen LogP contribution in [-0.2, 0) is 21.2 Å². The van der Waals surface area contributed by atoms with Crippen LogP contribution in [0.3, 0.4) is 0 Å². The molecule has 0 saturated carbocycles. The number of amides is 1. The Morgan fingerprint density at radius 3 is 2.14 bits per heavy atom. The van der Waals surface area contributed by atoms with Gasteiger partial charge >= 0.3 is 0 Å². The third-order valence-electron chi connectivity index (χ3n) is 6.38. The van der Waals surface area contributed by atoms with E-state index in [2.05, 4.69) is 5.32 Å². The van der Waals surface area contributed by atoms with Gasteiger partial charge in [0, 0.05) is 13.1 Å². The van der Waals surface area contributed by atoms with Crippen molar-refractivity contribution < 1.29 is 18.3 Å². The lowest BCUT2D eigenvalue weighted by atomic mass is 9.97. The van der Waals surface area contributed by atoms with E-state index >= 15 is 0 Å². The number of hydrogen-bond donors (Lipinski definition) is 3. The molecule has 0 spiro atoms. The SMILES string of the molecule is CCC(C)C(N)C(=O)NC(Cc1ccccc1)C(O)CN(CCC(C)C)S(=O)(=O)c1ccccc1. The van der Waals surface area contributed by atoms with Gasteiger partial charge in [0.2, 0.25) is 15.9 Å². The van der Waals surface area contributed by atoms with Crippen molar-refractivity contribution in [2.45, 2.75) is 70.0 Å². The van der Waals surface area contributed by atoms with Crippen LogP contribution in [0.2, 0.25) is 0 Å². The highest BCUT2D eigenvalue weighted by molar-refractivity contribution is 7.89. The van der Waals surface area contributed by atoms with E-state index in [-0.39, 0.29) is 35.7 Å². The smallest absolute Gasteiger partial charge is 0.243 e. The first kappa shape index (κ1) is 29.0. The molecular formula is C27H41N3O4S. The number of carbonyl (C=O) groups excluding carboxylic acids is 1. The van der Waals surface area contributed by atoms with Crippen molar-refractivity contribution in [1.29, 1.82) is 0 Å². The summed E-state index contributed by atoms with van der Waals surface area (Å²) in [5.74, 6) is -0.0848. The van der Waals surface area contributed by atoms with E-state index in [0.29, 0.717) is 12.8 Å². The summed E-state index contributed by atoms with van der Waals surface area (Å²) in [6, 6.07) is 16.3. The monoisotopic (exact) mass is 503 g/mol. The molecule has 2 aromatic carbocycles. The van der Waals surface area contributed by atoms with Gasteiger partial charge in [0.1, 0.15) is 0 Å². The van der Waals surface area contributed by atoms with Gasteiger partial charge in [0.15, 0.2) is 0 Å². The molecule has 0 aliphatic carbocycles. The van der Waals surface area contributed by atoms with Crippen LogP contribution in [-0.4, -0.2) is 55.0 Å². The summed E-state index contributed by atoms with van der Waals surface area (Å²) >= 11 is 0. The predicted octanol–water partition coefficient (Wildman–Crippen LogP) is 3.19. The van der Waals surface area contributed by atoms with E-state index in [1.807, 2.05) is 58.0 Å². The highest BCUT2D eigenvalue weighted by Gasteiger charge is 2.32. The molecule has 2 aromatic rings. The molecule has 4 N–H and O–H groups in total. The summed E-state index contributed by atoms with van der Waals surface area (Å²) in [5, 5.41) is 14.2. The van der Waals surface area contributed by atoms with E-state index in [4.69, 9.17) is 5.73 Å². The van der Waals surface area contributed by atoms with Gasteiger partial charge in [0.05, 0.1) is 23.1 Å². The topological polar surface area (TPSA) is 113 Å². The molecule has 0 heterocycles. The maximum absolute atomic E-state index is 13.4. The molecule has 7 nitrogen and oxygen atoms in total. The first-order chi connectivity index (χ1) is 16.6. The number of carbonyl (C=O) groups is 1. The summed E-state index contributed by atoms with van der Waals surface area (Å²) in [6.45, 7) is 8.06. The molecule has 0 aromatic heterocycles. The number of nitrogens with zero attached hydrogens (tertiary/aromatic N) is 1. The molecule has 0 aliphatic rings. The van der Waals surface area contributed by atoms with Crippen molar-refractivity contribution in [2.75, 3.05) is 13.1 Å². The number of nitrogens with one attached hydrogen (secondary N) is 1. The van der Waals surface area contributed by atoms with Crippen molar-refractivity contribution >= 4 is 15.9 Å². The molecule has 0 radical (unpaired) electrons. The van der Waals surface area contributed by atoms with Gasteiger partial charge in [-0.25, -0.2) is 8.42 Å². The molecule has 0 aliphatic heterocycles. The van der Waals surface area contributed by atoms with Crippen LogP contribution in [0, 0.1) is 11.8 Å². The third-order valence-corrected chi connectivity index (χ3v) is 8.26. The predicted molar refractivity (Wildman–Crippen MR) is 140 cm³/mol. The number of hydrogen-bond acceptors (Lipinski definition) is 5. The zero-order valence-electron chi connectivity index (χ0n) is 21.3. The fraction of sp³-hybridized carbons (Fsp3) is 0.519. The largest absolute Gasteiger partial charge is 0.390 e. The van der Waals surface area contributed by atoms with Crippen LogP contribution in [0.1, 0.15) is 46.1 Å². The Hall–Kier alpha value is -2.26. The fourth-order valence-electron chi connectivity index (χ4n) is 3.73. The second kappa shape index (κ2) is 13.7. The number of aliphatic hydroxyl groups excluding tert-OH is 1. The van der Waals surface area contributed by atoms with Crippen molar-refractivity contribution in [3.8, 4) is 0 Å². The van der Waals surface area contributed by atoms with E-state index in [9.17, 15) is 18.3 Å². The number of benzene rings is 2. The van der Waals surface area contributed by atoms with Crippen LogP contribution in [0.4, 0.5) is 0 Å². The van der Waals surface area contributed by atoms with E-state index in [1.54, 1.807) is 30.3 Å². The zero-order chi connectivity index (χ0) is 26.0. The van der Waals surface area contributed by atoms with Crippen LogP contribution in [0.15, 0.2) is 65.6 Å². The normalized spacial score (nSPS) is 15.5. The van der Waals surface area contributed by atoms with E-state index < -0.39 is 28.2 Å². The molecule has 4 atom stereocenters. The minimum Gasteiger partial charge on any atom is -0.390 e. The first-order valence-electron chi connectivity index (χ1n) is 12.4. The fourth-order valence-corrected chi connectivity index (χ4v) is 5.23. The number of sulfonamides is 1. The maximum Gasteiger partial charge on any atom is 0.243 e. The van der Waals surface area contributed by atoms with Gasteiger partial charge in [-0.1, -0.05) is 82.6 Å². The molecule has 8 heteroatoms. The first-order valence-corrected chi connectivity index (χ1v) is 13.8. The van der Waals surface area contributed by atoms with Crippen molar-refractivity contribution in [1.82, 2.24) is 9.62 Å². The molecule has 4 unspecified atom stereocenters. The Morgan fingerprint density at radius 1 is 1.03 bits per heavy atom. The molecular weight excluding hydrogens is 462 g/mol. The van der Waals surface area contributed by atoms with Crippen molar-refractivity contribution in [3.05, 3.63) is 66.2 Å². The van der Waals surface area contributed by atoms with E-state index in [1.165, 1.54) is 4.31 Å². The molecule has 0 fully saturated rings. The van der Waals surface area contributed by atoms with Crippen molar-refractivity contribution in [3.63, 3.8) is 0 Å². The Bertz CT molecular complexity index is 1000. The van der Waals surface area contributed by atoms with Crippen LogP contribution in [0.5, 0.6) is 0 Å². The summed E-state index contributed by atoms with van der Waals surface area (Å²) in [6.07, 6.45) is 0.616. The second-order valence-corrected chi connectivity index (χ2v) is 11.6. The molecule has 0 bridgehead atoms. The van der Waals surface area contributed by atoms with Gasteiger partial charge in [0.25, 0.3) is 0 Å². The van der Waals surface area contributed by atoms with Gasteiger partial charge in [-0.3, -0.25) is 4.79 Å². The lowest BCUT2D eigenvalue weighted by Gasteiger charge is -2.31. The van der Waals surface area contributed by atoms with Gasteiger partial charge in [-0.05, 0) is 42.4 Å². The third kappa shape index (κ3) is 8.72. The molecule has 2 rings (SSSR count). The molecule has 0 saturated heterocycles. The van der Waals surface area contributed by atoms with Gasteiger partial charge in [-0.2, -0.15) is 4.31 Å². The van der Waals surface area contributed by atoms with Gasteiger partial charge in [-0.15, -0.1) is 0 Å². The quantitative estimate of drug-likeness (QED) is 0.367. The maximum atomic E-state index is 13.4. The zero-order valence-corrected chi connectivity index (χ0v) is 22.1. The van der Waals surface area contributed by atoms with Crippen LogP contribution >= 0.6 is 0 Å². The second-order valence-electron chi connectivity index (χ2n) is 9.64. The summed E-state index contributed by atoms with van der Waals surface area (Å²) < 4.78 is 28.2. The highest BCUT2D eigenvalue weighted by atomic mass is 32.2. The van der Waals surface area contributed by atoms with E-state index in [0.717, 1.165) is 12.0 Å². The Labute approximate surface area is 210 Å². The minimum atomic E-state index is -3.82. The summed E-state index contributed by atoms with van der Waals surface area (Å²) in [5.41, 5.74) is 7.07. The Morgan fingerprint density at radius 2 is 1.60 bits per heavy atom. The number of rotatable bonds is 14. The summed E-state index contributed by atoms with van der Waals surface area (Å²) in [4.78, 5) is 13.1. The average molecular weight is 504 g/mol. The lowest BCUT2D eigenvalue weighted by Crippen LogP contribution is -2.55. The molecule has 35 heavy (non-hydrogen) atoms. The Balaban J connectivity index is 2.31. The molecule has 194 valence electrons. The minimum absolute atomic E-state index is 0.0227. The average Bonchev–Trinajstić information content (AvgIpc) is 2.85. The lowest BCUT2D eigenvalue weighted by molar-refractivity contribution is -0.125. The van der Waals surface area contributed by atoms with Crippen LogP contribution in [0.25, 0.3) is 0 Å². The summed E-state index contributed by atoms with van der Waals surface area (Å²) in [7, 11) is -3.82. The van der Waals surface area contributed by atoms with Crippen LogP contribution < -0.4 is 11.1 Å².